The molecule has 5 heteroatoms. The maximum Gasteiger partial charge on any atom is 0.317 e. The van der Waals surface area contributed by atoms with E-state index in [4.69, 9.17) is 4.74 Å². The van der Waals surface area contributed by atoms with Crippen LogP contribution in [0.2, 0.25) is 0 Å². The van der Waals surface area contributed by atoms with Gasteiger partial charge >= 0.3 is 6.03 Å². The Labute approximate surface area is 135 Å². The van der Waals surface area contributed by atoms with Crippen molar-refractivity contribution < 1.29 is 9.53 Å². The van der Waals surface area contributed by atoms with Gasteiger partial charge in [-0.2, -0.15) is 0 Å². The van der Waals surface area contributed by atoms with Crippen LogP contribution in [0.1, 0.15) is 25.3 Å². The molecule has 2 aromatic rings. The molecule has 2 amide bonds. The molecule has 1 aliphatic rings. The van der Waals surface area contributed by atoms with Gasteiger partial charge in [0.05, 0.1) is 12.1 Å². The van der Waals surface area contributed by atoms with Crippen molar-refractivity contribution in [1.82, 2.24) is 10.2 Å². The van der Waals surface area contributed by atoms with Crippen molar-refractivity contribution >= 4 is 27.5 Å². The first-order chi connectivity index (χ1) is 10.6. The van der Waals surface area contributed by atoms with Gasteiger partial charge in [-0.15, -0.1) is 11.3 Å². The molecule has 0 saturated carbocycles. The summed E-state index contributed by atoms with van der Waals surface area (Å²) in [4.78, 5) is 14.1. The van der Waals surface area contributed by atoms with E-state index in [0.29, 0.717) is 6.54 Å². The van der Waals surface area contributed by atoms with Crippen LogP contribution in [0.3, 0.4) is 0 Å². The van der Waals surface area contributed by atoms with Gasteiger partial charge in [0, 0.05) is 24.9 Å². The monoisotopic (exact) mass is 318 g/mol. The number of urea groups is 1. The zero-order valence-corrected chi connectivity index (χ0v) is 13.9. The molecule has 1 fully saturated rings. The first-order valence-electron chi connectivity index (χ1n) is 7.73. The normalized spacial score (nSPS) is 19.3. The Hall–Kier alpha value is -1.59. The Morgan fingerprint density at radius 1 is 1.50 bits per heavy atom. The fraction of sp³-hybridized carbons (Fsp3) is 0.471. The van der Waals surface area contributed by atoms with Crippen LogP contribution in [0.4, 0.5) is 4.79 Å². The first-order valence-corrected chi connectivity index (χ1v) is 8.61. The lowest BCUT2D eigenvalue weighted by Gasteiger charge is -2.24. The number of benzene rings is 1. The number of thiophene rings is 1. The molecule has 2 heterocycles. The maximum absolute atomic E-state index is 12.3. The summed E-state index contributed by atoms with van der Waals surface area (Å²) in [5, 5.41) is 6.42. The molecular weight excluding hydrogens is 296 g/mol. The van der Waals surface area contributed by atoms with Crippen LogP contribution >= 0.6 is 11.3 Å². The third-order valence-electron chi connectivity index (χ3n) is 4.19. The van der Waals surface area contributed by atoms with Crippen molar-refractivity contribution in [2.24, 2.45) is 0 Å². The molecule has 0 unspecified atom stereocenters. The molecule has 1 aromatic heterocycles. The fourth-order valence-electron chi connectivity index (χ4n) is 2.88. The van der Waals surface area contributed by atoms with Gasteiger partial charge in [0.2, 0.25) is 0 Å². The average molecular weight is 318 g/mol. The molecule has 1 N–H and O–H groups in total. The molecule has 3 rings (SSSR count). The Bertz CT molecular complexity index is 649. The highest BCUT2D eigenvalue weighted by molar-refractivity contribution is 7.17. The number of hydrogen-bond donors (Lipinski definition) is 1. The van der Waals surface area contributed by atoms with Crippen molar-refractivity contribution in [3.63, 3.8) is 0 Å². The van der Waals surface area contributed by atoms with Crippen molar-refractivity contribution in [1.29, 1.82) is 0 Å². The molecule has 22 heavy (non-hydrogen) atoms. The molecular formula is C17H22N2O2S. The van der Waals surface area contributed by atoms with Gasteiger partial charge in [-0.25, -0.2) is 4.79 Å². The predicted octanol–water partition coefficient (Wildman–Crippen LogP) is 3.61. The van der Waals surface area contributed by atoms with E-state index in [1.165, 1.54) is 15.6 Å². The number of nitrogens with zero attached hydrogens (tertiary/aromatic N) is 1. The lowest BCUT2D eigenvalue weighted by atomic mass is 10.1. The van der Waals surface area contributed by atoms with E-state index < -0.39 is 0 Å². The highest BCUT2D eigenvalue weighted by Crippen LogP contribution is 2.26. The summed E-state index contributed by atoms with van der Waals surface area (Å²) < 4.78 is 6.89. The molecule has 0 bridgehead atoms. The second kappa shape index (κ2) is 6.67. The number of amides is 2. The van der Waals surface area contributed by atoms with Crippen molar-refractivity contribution in [2.75, 3.05) is 13.7 Å². The maximum atomic E-state index is 12.3. The van der Waals surface area contributed by atoms with Crippen LogP contribution in [-0.2, 0) is 11.3 Å². The molecule has 118 valence electrons. The molecule has 2 atom stereocenters. The summed E-state index contributed by atoms with van der Waals surface area (Å²) in [6.07, 6.45) is 2.27. The summed E-state index contributed by atoms with van der Waals surface area (Å²) in [7, 11) is 1.84. The quantitative estimate of drug-likeness (QED) is 0.935. The summed E-state index contributed by atoms with van der Waals surface area (Å²) >= 11 is 1.72. The average Bonchev–Trinajstić information content (AvgIpc) is 3.17. The standard InChI is InChI=1S/C17H22N2O2S/c1-12(15-7-5-9-21-15)18-17(20)19(2)10-13-11-22-16-8-4-3-6-14(13)16/h3-4,6,8,11-12,15H,5,7,9-10H2,1-2H3,(H,18,20)/t12-,15-/m0/s1. The summed E-state index contributed by atoms with van der Waals surface area (Å²) in [6, 6.07) is 8.32. The third kappa shape index (κ3) is 3.25. The Morgan fingerprint density at radius 2 is 2.32 bits per heavy atom. The van der Waals surface area contributed by atoms with E-state index in [1.807, 2.05) is 26.1 Å². The zero-order chi connectivity index (χ0) is 15.5. The van der Waals surface area contributed by atoms with Gasteiger partial charge in [-0.3, -0.25) is 0 Å². The molecule has 1 aliphatic heterocycles. The summed E-state index contributed by atoms with van der Waals surface area (Å²) in [5.41, 5.74) is 1.20. The van der Waals surface area contributed by atoms with Crippen LogP contribution in [-0.4, -0.2) is 36.7 Å². The molecule has 1 saturated heterocycles. The van der Waals surface area contributed by atoms with Crippen LogP contribution in [0.15, 0.2) is 29.6 Å². The first kappa shape index (κ1) is 15.3. The number of rotatable bonds is 4. The zero-order valence-electron chi connectivity index (χ0n) is 13.0. The Morgan fingerprint density at radius 3 is 3.09 bits per heavy atom. The highest BCUT2D eigenvalue weighted by Gasteiger charge is 2.24. The van der Waals surface area contributed by atoms with Gasteiger partial charge in [-0.05, 0) is 42.2 Å². The molecule has 0 spiro atoms. The minimum Gasteiger partial charge on any atom is -0.376 e. The van der Waals surface area contributed by atoms with Crippen LogP contribution in [0, 0.1) is 0 Å². The topological polar surface area (TPSA) is 41.6 Å². The van der Waals surface area contributed by atoms with Crippen LogP contribution < -0.4 is 5.32 Å². The minimum absolute atomic E-state index is 0.0433. The number of carbonyl (C=O) groups is 1. The Kier molecular flexibility index (Phi) is 4.64. The van der Waals surface area contributed by atoms with E-state index in [9.17, 15) is 4.79 Å². The number of fused-ring (bicyclic) bond motifs is 1. The lowest BCUT2D eigenvalue weighted by molar-refractivity contribution is 0.0838. The van der Waals surface area contributed by atoms with Crippen molar-refractivity contribution in [2.45, 2.75) is 38.5 Å². The van der Waals surface area contributed by atoms with Crippen molar-refractivity contribution in [3.8, 4) is 0 Å². The van der Waals surface area contributed by atoms with Crippen molar-refractivity contribution in [3.05, 3.63) is 35.2 Å². The van der Waals surface area contributed by atoms with Gasteiger partial charge in [0.15, 0.2) is 0 Å². The van der Waals surface area contributed by atoms with E-state index in [1.54, 1.807) is 16.2 Å². The second-order valence-electron chi connectivity index (χ2n) is 5.90. The lowest BCUT2D eigenvalue weighted by Crippen LogP contribution is -2.46. The third-order valence-corrected chi connectivity index (χ3v) is 5.20. The largest absolute Gasteiger partial charge is 0.376 e. The molecule has 0 radical (unpaired) electrons. The minimum atomic E-state index is -0.0433. The van der Waals surface area contributed by atoms with E-state index >= 15 is 0 Å². The van der Waals surface area contributed by atoms with Gasteiger partial charge in [0.1, 0.15) is 0 Å². The Balaban J connectivity index is 1.61. The smallest absolute Gasteiger partial charge is 0.317 e. The van der Waals surface area contributed by atoms with E-state index in [-0.39, 0.29) is 18.2 Å². The molecule has 4 nitrogen and oxygen atoms in total. The van der Waals surface area contributed by atoms with Gasteiger partial charge in [0.25, 0.3) is 0 Å². The summed E-state index contributed by atoms with van der Waals surface area (Å²) in [6.45, 7) is 3.44. The van der Waals surface area contributed by atoms with Crippen LogP contribution in [0.5, 0.6) is 0 Å². The van der Waals surface area contributed by atoms with E-state index in [0.717, 1.165) is 19.4 Å². The fourth-order valence-corrected chi connectivity index (χ4v) is 3.83. The summed E-state index contributed by atoms with van der Waals surface area (Å²) in [5.74, 6) is 0. The second-order valence-corrected chi connectivity index (χ2v) is 6.81. The number of nitrogens with one attached hydrogen (secondary N) is 1. The molecule has 0 aliphatic carbocycles. The number of ether oxygens (including phenoxy) is 1. The number of hydrogen-bond acceptors (Lipinski definition) is 3. The highest BCUT2D eigenvalue weighted by atomic mass is 32.1. The van der Waals surface area contributed by atoms with E-state index in [2.05, 4.69) is 22.8 Å². The van der Waals surface area contributed by atoms with Crippen LogP contribution in [0.25, 0.3) is 10.1 Å². The number of carbonyl (C=O) groups excluding carboxylic acids is 1. The molecule has 1 aromatic carbocycles. The SMILES string of the molecule is C[C@H](NC(=O)N(C)Cc1csc2ccccc12)[C@@H]1CCCO1. The predicted molar refractivity (Wildman–Crippen MR) is 90.3 cm³/mol. The van der Waals surface area contributed by atoms with Gasteiger partial charge in [-0.1, -0.05) is 18.2 Å². The van der Waals surface area contributed by atoms with Gasteiger partial charge < -0.3 is 15.0 Å².